The van der Waals surface area contributed by atoms with Crippen LogP contribution in [0.5, 0.6) is 0 Å². The minimum Gasteiger partial charge on any atom is -0.371 e. The van der Waals surface area contributed by atoms with E-state index in [1.165, 1.54) is 11.3 Å². The molecule has 1 heterocycles. The lowest BCUT2D eigenvalue weighted by atomic mass is 10.1. The molecule has 0 fully saturated rings. The number of alkyl halides is 1. The third-order valence-electron chi connectivity index (χ3n) is 1.38. The van der Waals surface area contributed by atoms with E-state index >= 15 is 0 Å². The van der Waals surface area contributed by atoms with E-state index < -0.39 is 0 Å². The Hall–Kier alpha value is -0.240. The van der Waals surface area contributed by atoms with Gasteiger partial charge in [0.15, 0.2) is 0 Å². The highest BCUT2D eigenvalue weighted by molar-refractivity contribution is 9.10. The Kier molecular flexibility index (Phi) is 1.90. The van der Waals surface area contributed by atoms with Gasteiger partial charge in [-0.15, -0.1) is 0 Å². The van der Waals surface area contributed by atoms with E-state index in [9.17, 15) is 0 Å². The molecule has 0 saturated heterocycles. The minimum atomic E-state index is -0.0457. The molecule has 0 aromatic carbocycles. The monoisotopic (exact) mass is 201 g/mol. The number of dihydropyridines is 1. The van der Waals surface area contributed by atoms with Crippen LogP contribution in [0, 0.1) is 0 Å². The summed E-state index contributed by atoms with van der Waals surface area (Å²) in [6.45, 7) is 6.26. The minimum absolute atomic E-state index is 0.0457. The summed E-state index contributed by atoms with van der Waals surface area (Å²) >= 11 is 3.54. The molecule has 1 rings (SSSR count). The van der Waals surface area contributed by atoms with Gasteiger partial charge in [-0.3, -0.25) is 0 Å². The maximum Gasteiger partial charge on any atom is 0.109 e. The zero-order chi connectivity index (χ0) is 7.78. The molecule has 56 valence electrons. The van der Waals surface area contributed by atoms with Crippen molar-refractivity contribution in [2.75, 3.05) is 0 Å². The molecule has 0 radical (unpaired) electrons. The SMILES string of the molecule is CC1=CC(C)(Br)NC(C)=C1. The number of nitrogens with one attached hydrogen (secondary N) is 1. The molecule has 0 aromatic heterocycles. The molecule has 1 unspecified atom stereocenters. The highest BCUT2D eigenvalue weighted by Gasteiger charge is 2.18. The molecular formula is C8H12BrN. The first kappa shape index (κ1) is 7.86. The van der Waals surface area contributed by atoms with Crippen molar-refractivity contribution in [3.05, 3.63) is 23.4 Å². The first-order valence-corrected chi connectivity index (χ1v) is 4.14. The number of hydrogen-bond acceptors (Lipinski definition) is 1. The first-order chi connectivity index (χ1) is 4.49. The smallest absolute Gasteiger partial charge is 0.109 e. The van der Waals surface area contributed by atoms with Crippen molar-refractivity contribution >= 4 is 15.9 Å². The van der Waals surface area contributed by atoms with Crippen molar-refractivity contribution in [2.24, 2.45) is 0 Å². The number of hydrogen-bond donors (Lipinski definition) is 1. The van der Waals surface area contributed by atoms with Crippen LogP contribution in [0.15, 0.2) is 23.4 Å². The van der Waals surface area contributed by atoms with Crippen molar-refractivity contribution in [1.29, 1.82) is 0 Å². The zero-order valence-electron chi connectivity index (χ0n) is 6.53. The molecule has 0 saturated carbocycles. The number of rotatable bonds is 0. The van der Waals surface area contributed by atoms with Crippen molar-refractivity contribution in [3.63, 3.8) is 0 Å². The van der Waals surface area contributed by atoms with Gasteiger partial charge in [0.1, 0.15) is 4.45 Å². The second kappa shape index (κ2) is 2.42. The molecule has 0 amide bonds. The fourth-order valence-electron chi connectivity index (χ4n) is 1.27. The topological polar surface area (TPSA) is 12.0 Å². The van der Waals surface area contributed by atoms with Crippen molar-refractivity contribution in [3.8, 4) is 0 Å². The van der Waals surface area contributed by atoms with E-state index in [1.54, 1.807) is 0 Å². The van der Waals surface area contributed by atoms with Gasteiger partial charge in [-0.1, -0.05) is 21.5 Å². The van der Waals surface area contributed by atoms with E-state index in [4.69, 9.17) is 0 Å². The summed E-state index contributed by atoms with van der Waals surface area (Å²) in [6.07, 6.45) is 4.28. The number of halogens is 1. The Morgan fingerprint density at radius 3 is 2.50 bits per heavy atom. The highest BCUT2D eigenvalue weighted by atomic mass is 79.9. The fraction of sp³-hybridized carbons (Fsp3) is 0.500. The van der Waals surface area contributed by atoms with Gasteiger partial charge in [0.2, 0.25) is 0 Å². The van der Waals surface area contributed by atoms with Gasteiger partial charge >= 0.3 is 0 Å². The molecule has 1 nitrogen and oxygen atoms in total. The van der Waals surface area contributed by atoms with Crippen LogP contribution in [0.1, 0.15) is 20.8 Å². The fourth-order valence-corrected chi connectivity index (χ4v) is 1.94. The number of allylic oxidation sites excluding steroid dienone is 3. The summed E-state index contributed by atoms with van der Waals surface area (Å²) in [5.74, 6) is 0. The molecule has 0 bridgehead atoms. The van der Waals surface area contributed by atoms with Gasteiger partial charge < -0.3 is 5.32 Å². The van der Waals surface area contributed by atoms with Gasteiger partial charge in [0.25, 0.3) is 0 Å². The van der Waals surface area contributed by atoms with E-state index in [-0.39, 0.29) is 4.45 Å². The third kappa shape index (κ3) is 1.87. The lowest BCUT2D eigenvalue weighted by Gasteiger charge is -2.26. The zero-order valence-corrected chi connectivity index (χ0v) is 8.12. The van der Waals surface area contributed by atoms with Crippen LogP contribution in [-0.2, 0) is 0 Å². The summed E-state index contributed by atoms with van der Waals surface area (Å²) in [4.78, 5) is 0. The second-order valence-electron chi connectivity index (χ2n) is 2.92. The van der Waals surface area contributed by atoms with Crippen molar-refractivity contribution < 1.29 is 0 Å². The molecule has 0 aliphatic carbocycles. The van der Waals surface area contributed by atoms with Crippen molar-refractivity contribution in [1.82, 2.24) is 5.32 Å². The normalized spacial score (nSPS) is 32.4. The van der Waals surface area contributed by atoms with Gasteiger partial charge in [-0.25, -0.2) is 0 Å². The molecule has 1 atom stereocenters. The second-order valence-corrected chi connectivity index (χ2v) is 4.56. The Morgan fingerprint density at radius 2 is 2.10 bits per heavy atom. The van der Waals surface area contributed by atoms with Gasteiger partial charge in [-0.2, -0.15) is 0 Å². The molecule has 1 N–H and O–H groups in total. The Balaban J connectivity index is 2.88. The molecule has 2 heteroatoms. The summed E-state index contributed by atoms with van der Waals surface area (Å²) < 4.78 is -0.0457. The average Bonchev–Trinajstić information content (AvgIpc) is 1.54. The summed E-state index contributed by atoms with van der Waals surface area (Å²) in [5.41, 5.74) is 2.51. The standard InChI is InChI=1S/C8H12BrN/c1-6-4-7(2)10-8(3,9)5-6/h4-5,10H,1-3H3. The van der Waals surface area contributed by atoms with Crippen LogP contribution >= 0.6 is 15.9 Å². The summed E-state index contributed by atoms with van der Waals surface area (Å²) in [5, 5.41) is 3.29. The molecule has 10 heavy (non-hydrogen) atoms. The molecule has 1 aliphatic rings. The predicted molar refractivity (Wildman–Crippen MR) is 48.0 cm³/mol. The van der Waals surface area contributed by atoms with Crippen LogP contribution in [0.3, 0.4) is 0 Å². The van der Waals surface area contributed by atoms with Gasteiger partial charge in [0, 0.05) is 5.70 Å². The van der Waals surface area contributed by atoms with Crippen LogP contribution in [0.25, 0.3) is 0 Å². The Bertz CT molecular complexity index is 201. The molecule has 0 aromatic rings. The quantitative estimate of drug-likeness (QED) is 0.470. The Labute approximate surface area is 70.3 Å². The van der Waals surface area contributed by atoms with E-state index in [1.807, 2.05) is 0 Å². The highest BCUT2D eigenvalue weighted by Crippen LogP contribution is 2.23. The van der Waals surface area contributed by atoms with Crippen LogP contribution in [0.2, 0.25) is 0 Å². The maximum atomic E-state index is 3.54. The predicted octanol–water partition coefficient (Wildman–Crippen LogP) is 2.55. The molecular weight excluding hydrogens is 190 g/mol. The van der Waals surface area contributed by atoms with E-state index in [0.29, 0.717) is 0 Å². The summed E-state index contributed by atoms with van der Waals surface area (Å²) in [6, 6.07) is 0. The Morgan fingerprint density at radius 1 is 1.50 bits per heavy atom. The van der Waals surface area contributed by atoms with E-state index in [2.05, 4.69) is 54.2 Å². The molecule has 1 aliphatic heterocycles. The lowest BCUT2D eigenvalue weighted by Crippen LogP contribution is -2.34. The largest absolute Gasteiger partial charge is 0.371 e. The third-order valence-corrected chi connectivity index (χ3v) is 1.81. The van der Waals surface area contributed by atoms with Crippen LogP contribution in [0.4, 0.5) is 0 Å². The summed E-state index contributed by atoms with van der Waals surface area (Å²) in [7, 11) is 0. The molecule has 0 spiro atoms. The van der Waals surface area contributed by atoms with Crippen LogP contribution < -0.4 is 5.32 Å². The average molecular weight is 202 g/mol. The van der Waals surface area contributed by atoms with Gasteiger partial charge in [0.05, 0.1) is 0 Å². The first-order valence-electron chi connectivity index (χ1n) is 3.34. The maximum absolute atomic E-state index is 3.54. The van der Waals surface area contributed by atoms with Crippen molar-refractivity contribution in [2.45, 2.75) is 25.2 Å². The van der Waals surface area contributed by atoms with Gasteiger partial charge in [-0.05, 0) is 32.9 Å². The van der Waals surface area contributed by atoms with Crippen LogP contribution in [-0.4, -0.2) is 4.45 Å². The van der Waals surface area contributed by atoms with E-state index in [0.717, 1.165) is 0 Å². The lowest BCUT2D eigenvalue weighted by molar-refractivity contribution is 0.670.